The van der Waals surface area contributed by atoms with Crippen LogP contribution < -0.4 is 0 Å². The van der Waals surface area contributed by atoms with E-state index in [0.717, 1.165) is 0 Å². The van der Waals surface area contributed by atoms with Crippen LogP contribution in [0.3, 0.4) is 0 Å². The van der Waals surface area contributed by atoms with Crippen molar-refractivity contribution in [2.24, 2.45) is 0 Å². The second kappa shape index (κ2) is 2.23. The number of hydrogen-bond acceptors (Lipinski definition) is 0. The van der Waals surface area contributed by atoms with Gasteiger partial charge in [0.25, 0.3) is 0 Å². The molecule has 0 fully saturated rings. The van der Waals surface area contributed by atoms with E-state index < -0.39 is 0 Å². The van der Waals surface area contributed by atoms with Crippen LogP contribution in [0.4, 0.5) is 0 Å². The van der Waals surface area contributed by atoms with Crippen LogP contribution in [-0.2, 0) is 0 Å². The highest BCUT2D eigenvalue weighted by molar-refractivity contribution is 5.62. The van der Waals surface area contributed by atoms with Crippen molar-refractivity contribution in [2.45, 2.75) is 19.8 Å². The van der Waals surface area contributed by atoms with Gasteiger partial charge >= 0.3 is 0 Å². The smallest absolute Gasteiger partial charge is 0.00702 e. The monoisotopic (exact) mass is 143 g/mol. The third-order valence-corrected chi connectivity index (χ3v) is 2.30. The Morgan fingerprint density at radius 1 is 1.36 bits per heavy atom. The molecule has 0 aliphatic heterocycles. The third-order valence-electron chi connectivity index (χ3n) is 2.30. The van der Waals surface area contributed by atoms with Crippen molar-refractivity contribution in [3.8, 4) is 0 Å². The predicted molar refractivity (Wildman–Crippen MR) is 47.3 cm³/mol. The molecule has 1 aliphatic rings. The van der Waals surface area contributed by atoms with E-state index in [1.54, 1.807) is 0 Å². The Bertz CT molecular complexity index is 308. The molecule has 1 aliphatic carbocycles. The lowest BCUT2D eigenvalue weighted by molar-refractivity contribution is 0.963. The van der Waals surface area contributed by atoms with Gasteiger partial charge in [0.05, 0.1) is 0 Å². The van der Waals surface area contributed by atoms with Crippen molar-refractivity contribution >= 4 is 6.08 Å². The van der Waals surface area contributed by atoms with Crippen molar-refractivity contribution in [2.75, 3.05) is 0 Å². The minimum Gasteiger partial charge on any atom is -0.0617 e. The largest absolute Gasteiger partial charge is 0.0617 e. The zero-order valence-corrected chi connectivity index (χ0v) is 6.89. The number of aryl methyl sites for hydroxylation is 1. The first-order valence-electron chi connectivity index (χ1n) is 3.98. The maximum atomic E-state index is 3.30. The SMILES string of the molecule is Cc1cccc2c1C=[C]C2C. The summed E-state index contributed by atoms with van der Waals surface area (Å²) in [6.45, 7) is 4.33. The number of allylic oxidation sites excluding steroid dienone is 1. The highest BCUT2D eigenvalue weighted by Crippen LogP contribution is 2.30. The zero-order chi connectivity index (χ0) is 7.84. The molecule has 1 atom stereocenters. The highest BCUT2D eigenvalue weighted by atomic mass is 14.2. The Labute approximate surface area is 67.6 Å². The topological polar surface area (TPSA) is 0 Å². The average Bonchev–Trinajstić information content (AvgIpc) is 2.35. The molecule has 0 nitrogen and oxygen atoms in total. The number of fused-ring (bicyclic) bond motifs is 1. The molecule has 2 rings (SSSR count). The summed E-state index contributed by atoms with van der Waals surface area (Å²) in [5.74, 6) is 0.491. The maximum absolute atomic E-state index is 3.30. The lowest BCUT2D eigenvalue weighted by Gasteiger charge is -2.05. The van der Waals surface area contributed by atoms with Crippen LogP contribution in [0.15, 0.2) is 18.2 Å². The molecule has 0 spiro atoms. The summed E-state index contributed by atoms with van der Waals surface area (Å²) < 4.78 is 0. The third kappa shape index (κ3) is 0.900. The number of benzene rings is 1. The van der Waals surface area contributed by atoms with Gasteiger partial charge in [-0.2, -0.15) is 0 Å². The Hall–Kier alpha value is -1.04. The second-order valence-corrected chi connectivity index (χ2v) is 3.11. The highest BCUT2D eigenvalue weighted by Gasteiger charge is 2.13. The maximum Gasteiger partial charge on any atom is 0.00702 e. The van der Waals surface area contributed by atoms with Crippen LogP contribution in [0.25, 0.3) is 6.08 Å². The zero-order valence-electron chi connectivity index (χ0n) is 6.89. The van der Waals surface area contributed by atoms with Gasteiger partial charge in [-0.25, -0.2) is 0 Å². The quantitative estimate of drug-likeness (QED) is 0.523. The Kier molecular flexibility index (Phi) is 1.35. The van der Waals surface area contributed by atoms with Gasteiger partial charge in [-0.15, -0.1) is 0 Å². The summed E-state index contributed by atoms with van der Waals surface area (Å²) in [6.07, 6.45) is 5.41. The van der Waals surface area contributed by atoms with Gasteiger partial charge in [-0.3, -0.25) is 0 Å². The van der Waals surface area contributed by atoms with Gasteiger partial charge in [0.2, 0.25) is 0 Å². The fourth-order valence-corrected chi connectivity index (χ4v) is 1.58. The summed E-state index contributed by atoms with van der Waals surface area (Å²) >= 11 is 0. The van der Waals surface area contributed by atoms with Crippen LogP contribution in [0.5, 0.6) is 0 Å². The normalized spacial score (nSPS) is 20.4. The fourth-order valence-electron chi connectivity index (χ4n) is 1.58. The van der Waals surface area contributed by atoms with Gasteiger partial charge < -0.3 is 0 Å². The van der Waals surface area contributed by atoms with Crippen molar-refractivity contribution in [1.82, 2.24) is 0 Å². The molecule has 1 aromatic carbocycles. The van der Waals surface area contributed by atoms with Crippen molar-refractivity contribution in [3.05, 3.63) is 41.0 Å². The molecular weight excluding hydrogens is 132 g/mol. The molecule has 0 aromatic heterocycles. The molecule has 0 N–H and O–H groups in total. The van der Waals surface area contributed by atoms with Crippen LogP contribution in [0, 0.1) is 13.0 Å². The predicted octanol–water partition coefficient (Wildman–Crippen LogP) is 2.93. The molecule has 0 bridgehead atoms. The van der Waals surface area contributed by atoms with Crippen LogP contribution in [-0.4, -0.2) is 0 Å². The van der Waals surface area contributed by atoms with Crippen LogP contribution in [0.1, 0.15) is 29.5 Å². The first kappa shape index (κ1) is 6.66. The second-order valence-electron chi connectivity index (χ2n) is 3.11. The van der Waals surface area contributed by atoms with E-state index in [2.05, 4.69) is 44.2 Å². The van der Waals surface area contributed by atoms with Gasteiger partial charge in [0.1, 0.15) is 0 Å². The minimum absolute atomic E-state index is 0.491. The first-order valence-corrected chi connectivity index (χ1v) is 3.98. The van der Waals surface area contributed by atoms with Crippen molar-refractivity contribution in [3.63, 3.8) is 0 Å². The first-order chi connectivity index (χ1) is 5.29. The molecule has 0 heterocycles. The van der Waals surface area contributed by atoms with E-state index in [-0.39, 0.29) is 0 Å². The molecule has 0 amide bonds. The van der Waals surface area contributed by atoms with Gasteiger partial charge in [-0.1, -0.05) is 31.2 Å². The van der Waals surface area contributed by atoms with E-state index in [4.69, 9.17) is 0 Å². The lowest BCUT2D eigenvalue weighted by atomic mass is 10.00. The molecule has 1 aromatic rings. The molecule has 0 heteroatoms. The summed E-state index contributed by atoms with van der Waals surface area (Å²) in [5, 5.41) is 0. The van der Waals surface area contributed by atoms with E-state index in [1.807, 2.05) is 0 Å². The minimum atomic E-state index is 0.491. The van der Waals surface area contributed by atoms with E-state index in [1.165, 1.54) is 16.7 Å². The molecule has 0 saturated heterocycles. The summed E-state index contributed by atoms with van der Waals surface area (Å²) in [6, 6.07) is 6.45. The van der Waals surface area contributed by atoms with E-state index >= 15 is 0 Å². The molecule has 0 saturated carbocycles. The number of rotatable bonds is 0. The fraction of sp³-hybridized carbons (Fsp3) is 0.273. The Balaban J connectivity index is 2.65. The van der Waals surface area contributed by atoms with Gasteiger partial charge in [0.15, 0.2) is 0 Å². The van der Waals surface area contributed by atoms with Crippen LogP contribution >= 0.6 is 0 Å². The number of hydrogen-bond donors (Lipinski definition) is 0. The average molecular weight is 143 g/mol. The molecule has 55 valence electrons. The van der Waals surface area contributed by atoms with E-state index in [9.17, 15) is 0 Å². The molecule has 11 heavy (non-hydrogen) atoms. The van der Waals surface area contributed by atoms with Crippen molar-refractivity contribution in [1.29, 1.82) is 0 Å². The molecule has 1 radical (unpaired) electrons. The summed E-state index contributed by atoms with van der Waals surface area (Å²) in [4.78, 5) is 0. The standard InChI is InChI=1S/C11H11/c1-8-4-3-5-10-9(2)6-7-11(8)10/h3-5,7,9H,1-2H3. The molecular formula is C11H11. The summed E-state index contributed by atoms with van der Waals surface area (Å²) in [5.41, 5.74) is 4.16. The van der Waals surface area contributed by atoms with E-state index in [0.29, 0.717) is 5.92 Å². The van der Waals surface area contributed by atoms with Gasteiger partial charge in [0, 0.05) is 5.92 Å². The lowest BCUT2D eigenvalue weighted by Crippen LogP contribution is -1.88. The Morgan fingerprint density at radius 2 is 2.18 bits per heavy atom. The van der Waals surface area contributed by atoms with Crippen LogP contribution in [0.2, 0.25) is 0 Å². The van der Waals surface area contributed by atoms with Crippen molar-refractivity contribution < 1.29 is 0 Å². The summed E-state index contributed by atoms with van der Waals surface area (Å²) in [7, 11) is 0. The van der Waals surface area contributed by atoms with Gasteiger partial charge in [-0.05, 0) is 29.7 Å². The Morgan fingerprint density at radius 3 is 2.91 bits per heavy atom. The molecule has 1 unspecified atom stereocenters.